The minimum atomic E-state index is -0.550. The fourth-order valence-corrected chi connectivity index (χ4v) is 8.04. The average molecular weight is 571 g/mol. The molecule has 3 rings (SSSR count). The van der Waals surface area contributed by atoms with E-state index < -0.39 is 5.60 Å². The first-order valence-electron chi connectivity index (χ1n) is 16.9. The molecule has 0 aromatic carbocycles. The van der Waals surface area contributed by atoms with Gasteiger partial charge in [-0.3, -0.25) is 4.79 Å². The zero-order chi connectivity index (χ0) is 29.9. The molecule has 234 valence electrons. The Kier molecular flexibility index (Phi) is 13.6. The SMILES string of the molecule is C=C1CCC(OCCCNC(=O)CCCCCN)C/C1=C/C=C1\CCC[C@@]2(C)C1CCC2[C@H](C)CCCC(C)(C)O. The molecule has 0 aromatic heterocycles. The number of hydrogen-bond donors (Lipinski definition) is 3. The number of carbonyl (C=O) groups is 1. The first-order valence-corrected chi connectivity index (χ1v) is 16.9. The van der Waals surface area contributed by atoms with Gasteiger partial charge in [0, 0.05) is 19.6 Å². The number of aliphatic hydroxyl groups is 1. The summed E-state index contributed by atoms with van der Waals surface area (Å²) < 4.78 is 6.24. The topological polar surface area (TPSA) is 84.6 Å². The van der Waals surface area contributed by atoms with Crippen LogP contribution in [0.5, 0.6) is 0 Å². The molecule has 0 heterocycles. The van der Waals surface area contributed by atoms with E-state index in [1.165, 1.54) is 49.7 Å². The van der Waals surface area contributed by atoms with Crippen LogP contribution in [0.2, 0.25) is 0 Å². The Balaban J connectivity index is 1.47. The summed E-state index contributed by atoms with van der Waals surface area (Å²) in [5.74, 6) is 2.35. The van der Waals surface area contributed by atoms with Gasteiger partial charge in [-0.25, -0.2) is 0 Å². The van der Waals surface area contributed by atoms with Crippen LogP contribution in [-0.2, 0) is 9.53 Å². The van der Waals surface area contributed by atoms with Crippen LogP contribution in [0.15, 0.2) is 35.5 Å². The van der Waals surface area contributed by atoms with Crippen molar-refractivity contribution >= 4 is 5.91 Å². The van der Waals surface area contributed by atoms with Crippen molar-refractivity contribution in [2.75, 3.05) is 19.7 Å². The van der Waals surface area contributed by atoms with Gasteiger partial charge in [0.15, 0.2) is 0 Å². The molecule has 4 N–H and O–H groups in total. The van der Waals surface area contributed by atoms with E-state index in [1.54, 1.807) is 5.57 Å². The molecule has 5 heteroatoms. The molecule has 3 fully saturated rings. The van der Waals surface area contributed by atoms with Gasteiger partial charge in [-0.15, -0.1) is 0 Å². The van der Waals surface area contributed by atoms with Crippen LogP contribution in [0.25, 0.3) is 0 Å². The number of rotatable bonds is 16. The van der Waals surface area contributed by atoms with E-state index in [4.69, 9.17) is 10.5 Å². The molecule has 0 spiro atoms. The second-order valence-electron chi connectivity index (χ2n) is 14.4. The quantitative estimate of drug-likeness (QED) is 0.165. The summed E-state index contributed by atoms with van der Waals surface area (Å²) >= 11 is 0. The van der Waals surface area contributed by atoms with Gasteiger partial charge in [0.25, 0.3) is 0 Å². The highest BCUT2D eigenvalue weighted by atomic mass is 16.5. The highest BCUT2D eigenvalue weighted by molar-refractivity contribution is 5.75. The lowest BCUT2D eigenvalue weighted by Crippen LogP contribution is -2.36. The molecule has 3 aliphatic rings. The zero-order valence-corrected chi connectivity index (χ0v) is 26.9. The van der Waals surface area contributed by atoms with E-state index in [-0.39, 0.29) is 12.0 Å². The van der Waals surface area contributed by atoms with Crippen molar-refractivity contribution in [2.45, 2.75) is 142 Å². The van der Waals surface area contributed by atoms with Crippen molar-refractivity contribution < 1.29 is 14.6 Å². The fraction of sp³-hybridized carbons (Fsp3) is 0.806. The fourth-order valence-electron chi connectivity index (χ4n) is 8.04. The lowest BCUT2D eigenvalue weighted by atomic mass is 9.60. The molecule has 3 aliphatic carbocycles. The number of amides is 1. The molecule has 5 atom stereocenters. The molecular weight excluding hydrogens is 508 g/mol. The predicted octanol–water partition coefficient (Wildman–Crippen LogP) is 7.78. The van der Waals surface area contributed by atoms with E-state index >= 15 is 0 Å². The van der Waals surface area contributed by atoms with Gasteiger partial charge >= 0.3 is 0 Å². The largest absolute Gasteiger partial charge is 0.390 e. The van der Waals surface area contributed by atoms with Crippen LogP contribution in [0, 0.1) is 23.2 Å². The second-order valence-corrected chi connectivity index (χ2v) is 14.4. The van der Waals surface area contributed by atoms with Crippen molar-refractivity contribution in [2.24, 2.45) is 28.9 Å². The van der Waals surface area contributed by atoms with Crippen LogP contribution in [-0.4, -0.2) is 42.4 Å². The van der Waals surface area contributed by atoms with Crippen molar-refractivity contribution in [3.63, 3.8) is 0 Å². The highest BCUT2D eigenvalue weighted by Gasteiger charge is 2.50. The molecule has 0 saturated heterocycles. The number of fused-ring (bicyclic) bond motifs is 1. The Labute approximate surface area is 251 Å². The minimum absolute atomic E-state index is 0.141. The average Bonchev–Trinajstić information content (AvgIpc) is 3.28. The normalized spacial score (nSPS) is 29.6. The molecule has 0 bridgehead atoms. The molecule has 3 saturated carbocycles. The van der Waals surface area contributed by atoms with Crippen LogP contribution in [0.4, 0.5) is 0 Å². The number of hydrogen-bond acceptors (Lipinski definition) is 4. The maximum Gasteiger partial charge on any atom is 0.219 e. The van der Waals surface area contributed by atoms with Crippen molar-refractivity contribution in [1.82, 2.24) is 5.32 Å². The Morgan fingerprint density at radius 3 is 2.73 bits per heavy atom. The lowest BCUT2D eigenvalue weighted by Gasteiger charge is -2.44. The molecular formula is C36H62N2O3. The van der Waals surface area contributed by atoms with Crippen molar-refractivity contribution in [3.8, 4) is 0 Å². The number of nitrogens with two attached hydrogens (primary N) is 1. The maximum absolute atomic E-state index is 12.0. The monoisotopic (exact) mass is 570 g/mol. The van der Waals surface area contributed by atoms with Crippen LogP contribution in [0.1, 0.15) is 130 Å². The summed E-state index contributed by atoms with van der Waals surface area (Å²) in [7, 11) is 0. The van der Waals surface area contributed by atoms with Gasteiger partial charge in [0.2, 0.25) is 5.91 Å². The predicted molar refractivity (Wildman–Crippen MR) is 172 cm³/mol. The Morgan fingerprint density at radius 2 is 1.98 bits per heavy atom. The maximum atomic E-state index is 12.0. The van der Waals surface area contributed by atoms with Crippen LogP contribution < -0.4 is 11.1 Å². The number of carbonyl (C=O) groups excluding carboxylic acids is 1. The standard InChI is InChI=1S/C36H62N2O3/c1-27-15-18-31(41-25-11-24-38-34(39)14-7-6-8-23-37)26-30(27)17-16-29-13-10-22-36(5)32(19-20-33(29)36)28(2)12-9-21-35(3,4)40/h16-17,28,31-33,40H,1,6-15,18-26,37H2,2-5H3,(H,38,39)/b29-16+,30-17-/t28-,31?,32?,33?,36-/m1/s1. The summed E-state index contributed by atoms with van der Waals surface area (Å²) in [5.41, 5.74) is 9.66. The summed E-state index contributed by atoms with van der Waals surface area (Å²) in [6, 6.07) is 0. The Bertz CT molecular complexity index is 901. The Hall–Kier alpha value is -1.43. The summed E-state index contributed by atoms with van der Waals surface area (Å²) in [6.45, 7) is 15.4. The van der Waals surface area contributed by atoms with Crippen molar-refractivity contribution in [1.29, 1.82) is 0 Å². The molecule has 41 heavy (non-hydrogen) atoms. The zero-order valence-electron chi connectivity index (χ0n) is 26.9. The van der Waals surface area contributed by atoms with Gasteiger partial charge in [-0.2, -0.15) is 0 Å². The third kappa shape index (κ3) is 10.7. The van der Waals surface area contributed by atoms with E-state index in [2.05, 4.69) is 37.9 Å². The summed E-state index contributed by atoms with van der Waals surface area (Å²) in [6.07, 6.45) is 22.2. The molecule has 0 radical (unpaired) electrons. The highest BCUT2D eigenvalue weighted by Crippen LogP contribution is 2.60. The summed E-state index contributed by atoms with van der Waals surface area (Å²) in [4.78, 5) is 12.0. The molecule has 0 aromatic rings. The van der Waals surface area contributed by atoms with E-state index in [9.17, 15) is 9.90 Å². The third-order valence-corrected chi connectivity index (χ3v) is 10.4. The third-order valence-electron chi connectivity index (χ3n) is 10.4. The molecule has 0 aliphatic heterocycles. The second kappa shape index (κ2) is 16.4. The lowest BCUT2D eigenvalue weighted by molar-refractivity contribution is -0.121. The van der Waals surface area contributed by atoms with E-state index in [0.29, 0.717) is 37.5 Å². The Morgan fingerprint density at radius 1 is 1.17 bits per heavy atom. The van der Waals surface area contributed by atoms with Crippen LogP contribution in [0.3, 0.4) is 0 Å². The minimum Gasteiger partial charge on any atom is -0.390 e. The van der Waals surface area contributed by atoms with Gasteiger partial charge in [0.05, 0.1) is 11.7 Å². The number of unbranched alkanes of at least 4 members (excludes halogenated alkanes) is 2. The number of nitrogens with one attached hydrogen (secondary N) is 1. The smallest absolute Gasteiger partial charge is 0.219 e. The van der Waals surface area contributed by atoms with Gasteiger partial charge in [0.1, 0.15) is 0 Å². The molecule has 5 nitrogen and oxygen atoms in total. The first-order chi connectivity index (χ1) is 19.5. The van der Waals surface area contributed by atoms with E-state index in [1.807, 2.05) is 13.8 Å². The van der Waals surface area contributed by atoms with Crippen LogP contribution >= 0.6 is 0 Å². The van der Waals surface area contributed by atoms with Gasteiger partial charge < -0.3 is 20.9 Å². The van der Waals surface area contributed by atoms with E-state index in [0.717, 1.165) is 69.6 Å². The van der Waals surface area contributed by atoms with Gasteiger partial charge in [-0.1, -0.05) is 63.0 Å². The van der Waals surface area contributed by atoms with Crippen molar-refractivity contribution in [3.05, 3.63) is 35.5 Å². The van der Waals surface area contributed by atoms with Gasteiger partial charge in [-0.05, 0) is 126 Å². The molecule has 3 unspecified atom stereocenters. The number of allylic oxidation sites excluding steroid dienone is 4. The first kappa shape index (κ1) is 34.1. The summed E-state index contributed by atoms with van der Waals surface area (Å²) in [5, 5.41) is 13.2. The number of ether oxygens (including phenoxy) is 1. The molecule has 1 amide bonds.